The Morgan fingerprint density at radius 1 is 1.44 bits per heavy atom. The second kappa shape index (κ2) is 12.7. The van der Waals surface area contributed by atoms with Crippen LogP contribution in [0.2, 0.25) is 0 Å². The Morgan fingerprint density at radius 2 is 2.12 bits per heavy atom. The predicted octanol–water partition coefficient (Wildman–Crippen LogP) is 1.33. The van der Waals surface area contributed by atoms with Crippen molar-refractivity contribution in [2.24, 2.45) is 0 Å². The molecule has 0 spiro atoms. The van der Waals surface area contributed by atoms with Gasteiger partial charge in [0, 0.05) is 0 Å². The van der Waals surface area contributed by atoms with Gasteiger partial charge in [-0.3, -0.25) is 9.36 Å². The third-order valence-corrected chi connectivity index (χ3v) is 7.66. The van der Waals surface area contributed by atoms with Gasteiger partial charge in [-0.05, 0) is 45.4 Å². The summed E-state index contributed by atoms with van der Waals surface area (Å²) < 4.78 is 36.8. The van der Waals surface area contributed by atoms with Gasteiger partial charge < -0.3 is 35.0 Å². The molecule has 0 aromatic rings. The molecule has 2 saturated heterocycles. The smallest absolute Gasteiger partial charge is 0.317 e. The van der Waals surface area contributed by atoms with Gasteiger partial charge in [-0.2, -0.15) is 0 Å². The van der Waals surface area contributed by atoms with Crippen LogP contribution in [0.15, 0.2) is 0 Å². The molecule has 0 aromatic carbocycles. The first-order valence-corrected chi connectivity index (χ1v) is 13.8. The van der Waals surface area contributed by atoms with Gasteiger partial charge in [0.1, 0.15) is 35.5 Å². The summed E-state index contributed by atoms with van der Waals surface area (Å²) in [6.45, 7) is 3.91. The lowest BCUT2D eigenvalue weighted by Crippen LogP contribution is -2.65. The number of ether oxygens (including phenoxy) is 1. The zero-order chi connectivity index (χ0) is 24.1. The maximum absolute atomic E-state index is 14.9. The van der Waals surface area contributed by atoms with Crippen molar-refractivity contribution in [3.63, 3.8) is 0 Å². The average molecular weight is 521 g/mol. The summed E-state index contributed by atoms with van der Waals surface area (Å²) in [7, 11) is -3.38. The molecule has 188 valence electrons. The molecule has 10 atom stereocenters. The number of carbonyl (C=O) groups is 1. The molecule has 13 heteroatoms. The van der Waals surface area contributed by atoms with Crippen molar-refractivity contribution in [2.75, 3.05) is 12.8 Å². The Balaban J connectivity index is 2.11. The van der Waals surface area contributed by atoms with Crippen molar-refractivity contribution in [3.05, 3.63) is 0 Å². The van der Waals surface area contributed by atoms with Crippen LogP contribution >= 0.6 is 31.6 Å². The second-order valence-electron chi connectivity index (χ2n) is 8.44. The van der Waals surface area contributed by atoms with Gasteiger partial charge in [0.15, 0.2) is 0 Å². The fourth-order valence-corrected chi connectivity index (χ4v) is 5.86. The van der Waals surface area contributed by atoms with E-state index in [1.165, 1.54) is 0 Å². The van der Waals surface area contributed by atoms with Crippen LogP contribution in [-0.4, -0.2) is 86.8 Å². The van der Waals surface area contributed by atoms with Gasteiger partial charge in [0.2, 0.25) is 5.91 Å². The Hall–Kier alpha value is 0.0300. The molecule has 2 rings (SSSR count). The summed E-state index contributed by atoms with van der Waals surface area (Å²) in [5.41, 5.74) is -2.16. The SMILES string of the molecule is CCCC1(F)CCNC(C(=O)NC(C(C)Cl)C2OC(SC)C(O[PH](=O)O)C(O)C2O)CC1. The number of nitrogens with one attached hydrogen (secondary N) is 2. The quantitative estimate of drug-likeness (QED) is 0.225. The summed E-state index contributed by atoms with van der Waals surface area (Å²) in [4.78, 5) is 22.1. The van der Waals surface area contributed by atoms with E-state index in [1.54, 1.807) is 13.2 Å². The lowest BCUT2D eigenvalue weighted by Gasteiger charge is -2.45. The minimum Gasteiger partial charge on any atom is -0.388 e. The Labute approximate surface area is 198 Å². The number of thioether (sulfide) groups is 1. The van der Waals surface area contributed by atoms with Crippen molar-refractivity contribution in [2.45, 2.75) is 98.9 Å². The molecule has 2 aliphatic heterocycles. The highest BCUT2D eigenvalue weighted by Crippen LogP contribution is 2.36. The summed E-state index contributed by atoms with van der Waals surface area (Å²) >= 11 is 7.44. The molecule has 5 N–H and O–H groups in total. The van der Waals surface area contributed by atoms with E-state index < -0.39 is 67.1 Å². The van der Waals surface area contributed by atoms with Gasteiger partial charge in [-0.25, -0.2) is 4.39 Å². The molecule has 0 radical (unpaired) electrons. The molecule has 10 unspecified atom stereocenters. The van der Waals surface area contributed by atoms with Crippen molar-refractivity contribution < 1.29 is 38.1 Å². The topological polar surface area (TPSA) is 137 Å². The number of rotatable bonds is 9. The van der Waals surface area contributed by atoms with Gasteiger partial charge >= 0.3 is 8.25 Å². The van der Waals surface area contributed by atoms with E-state index in [-0.39, 0.29) is 6.42 Å². The maximum Gasteiger partial charge on any atom is 0.317 e. The third-order valence-electron chi connectivity index (χ3n) is 6.07. The molecule has 1 amide bonds. The van der Waals surface area contributed by atoms with Crippen molar-refractivity contribution >= 4 is 37.5 Å². The molecular formula is C19H35ClFN2O7PS. The highest BCUT2D eigenvalue weighted by molar-refractivity contribution is 7.99. The molecule has 2 fully saturated rings. The molecule has 9 nitrogen and oxygen atoms in total. The fraction of sp³-hybridized carbons (Fsp3) is 0.947. The Bertz CT molecular complexity index is 653. The van der Waals surface area contributed by atoms with Crippen molar-refractivity contribution in [1.82, 2.24) is 10.6 Å². The minimum absolute atomic E-state index is 0.266. The third kappa shape index (κ3) is 7.26. The zero-order valence-corrected chi connectivity index (χ0v) is 21.1. The lowest BCUT2D eigenvalue weighted by atomic mass is 9.90. The molecule has 0 aliphatic carbocycles. The van der Waals surface area contributed by atoms with Crippen molar-refractivity contribution in [1.29, 1.82) is 0 Å². The van der Waals surface area contributed by atoms with Gasteiger partial charge in [0.25, 0.3) is 0 Å². The van der Waals surface area contributed by atoms with E-state index in [0.717, 1.165) is 18.2 Å². The standard InChI is InChI=1S/C19H35ClFN2O7PS/c1-4-6-19(21)7-5-11(22-9-8-19)17(26)23-12(10(2)20)15-13(24)14(25)16(30-31(27)28)18(29-15)32-3/h10-16,18,22,24-25,31H,4-9H2,1-3H3,(H,23,26)(H,27,28). The van der Waals surface area contributed by atoms with Crippen LogP contribution in [0.25, 0.3) is 0 Å². The van der Waals surface area contributed by atoms with Crippen molar-refractivity contribution in [3.8, 4) is 0 Å². The summed E-state index contributed by atoms with van der Waals surface area (Å²) in [5.74, 6) is -0.395. The molecule has 0 aromatic heterocycles. The second-order valence-corrected chi connectivity index (χ2v) is 10.8. The zero-order valence-electron chi connectivity index (χ0n) is 18.5. The Morgan fingerprint density at radius 3 is 2.69 bits per heavy atom. The van der Waals surface area contributed by atoms with Gasteiger partial charge in [0.05, 0.1) is 17.5 Å². The number of amides is 1. The molecule has 32 heavy (non-hydrogen) atoms. The summed E-state index contributed by atoms with van der Waals surface area (Å²) in [6.07, 6.45) is -1.63. The highest BCUT2D eigenvalue weighted by Gasteiger charge is 2.49. The van der Waals surface area contributed by atoms with Crippen LogP contribution < -0.4 is 10.6 Å². The van der Waals surface area contributed by atoms with E-state index in [9.17, 15) is 24.0 Å². The minimum atomic E-state index is -3.38. The molecule has 0 saturated carbocycles. The van der Waals surface area contributed by atoms with E-state index in [1.807, 2.05) is 6.92 Å². The Kier molecular flexibility index (Phi) is 11.2. The summed E-state index contributed by atoms with van der Waals surface area (Å²) in [5, 5.41) is 26.3. The first-order chi connectivity index (χ1) is 15.0. The number of hydrogen-bond donors (Lipinski definition) is 5. The monoisotopic (exact) mass is 520 g/mol. The normalized spacial score (nSPS) is 39.0. The van der Waals surface area contributed by atoms with E-state index in [0.29, 0.717) is 25.8 Å². The van der Waals surface area contributed by atoms with Crippen LogP contribution in [0, 0.1) is 0 Å². The van der Waals surface area contributed by atoms with E-state index in [4.69, 9.17) is 25.8 Å². The highest BCUT2D eigenvalue weighted by atomic mass is 35.5. The number of carbonyl (C=O) groups excluding carboxylic acids is 1. The van der Waals surface area contributed by atoms with Crippen LogP contribution in [0.4, 0.5) is 4.39 Å². The van der Waals surface area contributed by atoms with Crippen LogP contribution in [0.5, 0.6) is 0 Å². The van der Waals surface area contributed by atoms with E-state index in [2.05, 4.69) is 10.6 Å². The van der Waals surface area contributed by atoms with Gasteiger partial charge in [-0.1, -0.05) is 13.3 Å². The number of aliphatic hydroxyl groups excluding tert-OH is 2. The van der Waals surface area contributed by atoms with E-state index >= 15 is 0 Å². The van der Waals surface area contributed by atoms with Crippen LogP contribution in [-0.2, 0) is 18.6 Å². The molecular weight excluding hydrogens is 486 g/mol. The first kappa shape index (κ1) is 28.3. The van der Waals surface area contributed by atoms with Crippen LogP contribution in [0.3, 0.4) is 0 Å². The fourth-order valence-electron chi connectivity index (χ4n) is 4.34. The van der Waals surface area contributed by atoms with Gasteiger partial charge in [-0.15, -0.1) is 23.4 Å². The predicted molar refractivity (Wildman–Crippen MR) is 122 cm³/mol. The maximum atomic E-state index is 14.9. The average Bonchev–Trinajstić information content (AvgIpc) is 2.91. The largest absolute Gasteiger partial charge is 0.388 e. The molecule has 0 bridgehead atoms. The number of halogens is 2. The molecule has 2 heterocycles. The van der Waals surface area contributed by atoms with Crippen LogP contribution in [0.1, 0.15) is 46.0 Å². The number of hydrogen-bond acceptors (Lipinski definition) is 8. The summed E-state index contributed by atoms with van der Waals surface area (Å²) in [6, 6.07) is -1.51. The molecule has 2 aliphatic rings. The number of alkyl halides is 2. The first-order valence-electron chi connectivity index (χ1n) is 10.8. The lowest BCUT2D eigenvalue weighted by molar-refractivity contribution is -0.199. The number of aliphatic hydroxyl groups is 2.